The third kappa shape index (κ3) is 4.25. The Kier molecular flexibility index (Phi) is 5.94. The Morgan fingerprint density at radius 3 is 2.69 bits per heavy atom. The van der Waals surface area contributed by atoms with Crippen molar-refractivity contribution in [2.45, 2.75) is 32.7 Å². The molecule has 3 atom stereocenters. The van der Waals surface area contributed by atoms with E-state index in [1.54, 1.807) is 7.11 Å². The van der Waals surface area contributed by atoms with Gasteiger partial charge in [-0.25, -0.2) is 0 Å². The number of piperidine rings is 1. The first-order valence-corrected chi connectivity index (χ1v) is 9.43. The molecule has 1 fully saturated rings. The third-order valence-electron chi connectivity index (χ3n) is 5.22. The number of rotatable bonds is 5. The smallest absolute Gasteiger partial charge is 0.287 e. The van der Waals surface area contributed by atoms with Gasteiger partial charge in [0.05, 0.1) is 25.9 Å². The zero-order chi connectivity index (χ0) is 18.5. The highest BCUT2D eigenvalue weighted by atomic mass is 16.5. The van der Waals surface area contributed by atoms with Crippen LogP contribution in [0.2, 0.25) is 0 Å². The van der Waals surface area contributed by atoms with E-state index >= 15 is 0 Å². The number of benzene rings is 2. The van der Waals surface area contributed by atoms with Gasteiger partial charge < -0.3 is 15.0 Å². The van der Waals surface area contributed by atoms with Crippen LogP contribution in [0.4, 0.5) is 5.69 Å². The predicted molar refractivity (Wildman–Crippen MR) is 105 cm³/mol. The lowest BCUT2D eigenvalue weighted by molar-refractivity contribution is -0.929. The van der Waals surface area contributed by atoms with Crippen LogP contribution in [0, 0.1) is 12.8 Å². The molecular weight excluding hydrogens is 324 g/mol. The summed E-state index contributed by atoms with van der Waals surface area (Å²) in [5, 5.41) is 3.13. The number of methoxy groups -OCH3 is 1. The standard InChI is InChI=1S/C22H28N2O2/c1-16-11-12-20(26-3)19(14-16)23-22(25)21(18-9-5-4-6-10-18)24-13-7-8-17(2)15-24/h4-6,9-12,14,17,21H,7-8,13,15H2,1-3H3,(H,23,25)/p+1/t17-,21-/m0/s1. The van der Waals surface area contributed by atoms with Crippen LogP contribution in [0.3, 0.4) is 0 Å². The zero-order valence-corrected chi connectivity index (χ0v) is 15.9. The van der Waals surface area contributed by atoms with Crippen LogP contribution in [0.25, 0.3) is 0 Å². The quantitative estimate of drug-likeness (QED) is 0.868. The van der Waals surface area contributed by atoms with Crippen molar-refractivity contribution < 1.29 is 14.4 Å². The summed E-state index contributed by atoms with van der Waals surface area (Å²) < 4.78 is 5.43. The largest absolute Gasteiger partial charge is 0.495 e. The first kappa shape index (κ1) is 18.5. The molecule has 138 valence electrons. The highest BCUT2D eigenvalue weighted by Gasteiger charge is 2.34. The van der Waals surface area contributed by atoms with E-state index in [0.29, 0.717) is 11.7 Å². The van der Waals surface area contributed by atoms with Crippen molar-refractivity contribution in [2.75, 3.05) is 25.5 Å². The summed E-state index contributed by atoms with van der Waals surface area (Å²) in [6.07, 6.45) is 2.42. The average Bonchev–Trinajstić information content (AvgIpc) is 2.63. The van der Waals surface area contributed by atoms with E-state index in [0.717, 1.165) is 29.9 Å². The lowest BCUT2D eigenvalue weighted by Crippen LogP contribution is -3.14. The molecule has 4 heteroatoms. The molecule has 0 radical (unpaired) electrons. The molecule has 0 saturated carbocycles. The van der Waals surface area contributed by atoms with Gasteiger partial charge in [0.2, 0.25) is 0 Å². The van der Waals surface area contributed by atoms with Gasteiger partial charge in [-0.2, -0.15) is 0 Å². The van der Waals surface area contributed by atoms with E-state index in [9.17, 15) is 4.79 Å². The summed E-state index contributed by atoms with van der Waals surface area (Å²) in [5.41, 5.74) is 2.90. The molecule has 2 aromatic rings. The number of carbonyl (C=O) groups excluding carboxylic acids is 1. The molecule has 1 aliphatic rings. The summed E-state index contributed by atoms with van der Waals surface area (Å²) in [4.78, 5) is 14.7. The van der Waals surface area contributed by atoms with Gasteiger partial charge in [0.15, 0.2) is 6.04 Å². The van der Waals surface area contributed by atoms with Crippen molar-refractivity contribution in [1.82, 2.24) is 0 Å². The summed E-state index contributed by atoms with van der Waals surface area (Å²) in [5.74, 6) is 1.37. The zero-order valence-electron chi connectivity index (χ0n) is 15.9. The van der Waals surface area contributed by atoms with Gasteiger partial charge in [0, 0.05) is 11.5 Å². The minimum Gasteiger partial charge on any atom is -0.495 e. The molecule has 0 spiro atoms. The van der Waals surface area contributed by atoms with Gasteiger partial charge in [-0.1, -0.05) is 43.3 Å². The number of hydrogen-bond acceptors (Lipinski definition) is 2. The van der Waals surface area contributed by atoms with Crippen molar-refractivity contribution in [3.8, 4) is 5.75 Å². The second-order valence-electron chi connectivity index (χ2n) is 7.40. The number of anilines is 1. The molecule has 26 heavy (non-hydrogen) atoms. The van der Waals surface area contributed by atoms with E-state index in [-0.39, 0.29) is 11.9 Å². The van der Waals surface area contributed by atoms with Gasteiger partial charge in [-0.15, -0.1) is 0 Å². The van der Waals surface area contributed by atoms with Crippen molar-refractivity contribution in [1.29, 1.82) is 0 Å². The Balaban J connectivity index is 1.89. The fourth-order valence-electron chi connectivity index (χ4n) is 3.93. The van der Waals surface area contributed by atoms with E-state index in [4.69, 9.17) is 4.74 Å². The maximum absolute atomic E-state index is 13.3. The number of aryl methyl sites for hydroxylation is 1. The number of amides is 1. The van der Waals surface area contributed by atoms with E-state index < -0.39 is 0 Å². The van der Waals surface area contributed by atoms with Crippen LogP contribution in [0.5, 0.6) is 5.75 Å². The van der Waals surface area contributed by atoms with Crippen molar-refractivity contribution >= 4 is 11.6 Å². The summed E-state index contributed by atoms with van der Waals surface area (Å²) >= 11 is 0. The van der Waals surface area contributed by atoms with Crippen LogP contribution in [-0.4, -0.2) is 26.1 Å². The number of carbonyl (C=O) groups is 1. The fourth-order valence-corrected chi connectivity index (χ4v) is 3.93. The lowest BCUT2D eigenvalue weighted by atomic mass is 9.95. The molecular formula is C22H29N2O2+. The van der Waals surface area contributed by atoms with Crippen LogP contribution >= 0.6 is 0 Å². The molecule has 2 aromatic carbocycles. The molecule has 1 unspecified atom stereocenters. The van der Waals surface area contributed by atoms with Crippen molar-refractivity contribution in [2.24, 2.45) is 5.92 Å². The molecule has 1 heterocycles. The number of nitrogens with one attached hydrogen (secondary N) is 2. The topological polar surface area (TPSA) is 42.8 Å². The summed E-state index contributed by atoms with van der Waals surface area (Å²) in [6.45, 7) is 6.35. The molecule has 0 aliphatic carbocycles. The molecule has 1 saturated heterocycles. The molecule has 1 amide bonds. The van der Waals surface area contributed by atoms with Crippen LogP contribution in [0.15, 0.2) is 48.5 Å². The van der Waals surface area contributed by atoms with Crippen LogP contribution < -0.4 is 15.0 Å². The average molecular weight is 353 g/mol. The summed E-state index contributed by atoms with van der Waals surface area (Å²) in [7, 11) is 1.63. The minimum atomic E-state index is -0.204. The fraction of sp³-hybridized carbons (Fsp3) is 0.409. The number of quaternary nitrogens is 1. The molecule has 2 N–H and O–H groups in total. The molecule has 4 nitrogen and oxygen atoms in total. The maximum atomic E-state index is 13.3. The second kappa shape index (κ2) is 8.37. The Bertz CT molecular complexity index is 745. The van der Waals surface area contributed by atoms with Gasteiger partial charge in [0.25, 0.3) is 5.91 Å². The van der Waals surface area contributed by atoms with Gasteiger partial charge in [-0.05, 0) is 37.5 Å². The molecule has 3 rings (SSSR count). The maximum Gasteiger partial charge on any atom is 0.287 e. The van der Waals surface area contributed by atoms with Crippen LogP contribution in [-0.2, 0) is 4.79 Å². The van der Waals surface area contributed by atoms with Crippen molar-refractivity contribution in [3.63, 3.8) is 0 Å². The number of ether oxygens (including phenoxy) is 1. The Morgan fingerprint density at radius 2 is 2.00 bits per heavy atom. The lowest BCUT2D eigenvalue weighted by Gasteiger charge is -2.33. The first-order chi connectivity index (χ1) is 12.6. The monoisotopic (exact) mass is 353 g/mol. The number of likely N-dealkylation sites (tertiary alicyclic amines) is 1. The normalized spacial score (nSPS) is 21.0. The van der Waals surface area contributed by atoms with E-state index in [2.05, 4.69) is 24.4 Å². The Labute approximate surface area is 156 Å². The van der Waals surface area contributed by atoms with Gasteiger partial charge >= 0.3 is 0 Å². The highest BCUT2D eigenvalue weighted by Crippen LogP contribution is 2.26. The third-order valence-corrected chi connectivity index (χ3v) is 5.22. The van der Waals surface area contributed by atoms with E-state index in [1.807, 2.05) is 43.3 Å². The molecule has 0 bridgehead atoms. The Hall–Kier alpha value is -2.33. The van der Waals surface area contributed by atoms with Crippen LogP contribution in [0.1, 0.15) is 36.9 Å². The number of hydrogen-bond donors (Lipinski definition) is 2. The second-order valence-corrected chi connectivity index (χ2v) is 7.40. The van der Waals surface area contributed by atoms with Gasteiger partial charge in [-0.3, -0.25) is 4.79 Å². The van der Waals surface area contributed by atoms with E-state index in [1.165, 1.54) is 17.7 Å². The highest BCUT2D eigenvalue weighted by molar-refractivity contribution is 5.96. The Morgan fingerprint density at radius 1 is 1.23 bits per heavy atom. The summed E-state index contributed by atoms with van der Waals surface area (Å²) in [6, 6.07) is 15.8. The minimum absolute atomic E-state index is 0.0317. The van der Waals surface area contributed by atoms with Gasteiger partial charge in [0.1, 0.15) is 5.75 Å². The molecule has 1 aliphatic heterocycles. The SMILES string of the molecule is COc1ccc(C)cc1NC(=O)[C@H](c1ccccc1)[NH+]1CCC[C@H](C)C1. The molecule has 0 aromatic heterocycles. The first-order valence-electron chi connectivity index (χ1n) is 9.43. The predicted octanol–water partition coefficient (Wildman–Crippen LogP) is 3.00. The van der Waals surface area contributed by atoms with Crippen molar-refractivity contribution in [3.05, 3.63) is 59.7 Å².